The lowest BCUT2D eigenvalue weighted by Crippen LogP contribution is -2.14. The lowest BCUT2D eigenvalue weighted by molar-refractivity contribution is 0.102. The van der Waals surface area contributed by atoms with Crippen molar-refractivity contribution in [2.75, 3.05) is 25.1 Å². The maximum atomic E-state index is 14.2. The van der Waals surface area contributed by atoms with Crippen molar-refractivity contribution < 1.29 is 19.0 Å². The molecule has 0 bridgehead atoms. The van der Waals surface area contributed by atoms with Crippen molar-refractivity contribution in [3.05, 3.63) is 72.3 Å². The van der Waals surface area contributed by atoms with E-state index in [4.69, 9.17) is 14.2 Å². The predicted octanol–water partition coefficient (Wildman–Crippen LogP) is 15.2. The van der Waals surface area contributed by atoms with Crippen molar-refractivity contribution in [3.63, 3.8) is 0 Å². The van der Waals surface area contributed by atoms with Crippen LogP contribution < -0.4 is 19.5 Å². The van der Waals surface area contributed by atoms with Gasteiger partial charge in [0.1, 0.15) is 0 Å². The summed E-state index contributed by atoms with van der Waals surface area (Å²) in [5.41, 5.74) is 1.31. The van der Waals surface area contributed by atoms with Gasteiger partial charge in [-0.1, -0.05) is 185 Å². The number of carbonyl (C=O) groups is 1. The normalized spacial score (nSPS) is 11.5. The zero-order valence-corrected chi connectivity index (χ0v) is 34.5. The molecule has 0 fully saturated rings. The molecule has 0 aliphatic heterocycles. The SMILES string of the molecule is CCCCCCCCCOc1cc(C(=O)Nc2ccc3ccc4cccc5ccc2c3c45)cc(OCCCCCCCCC)c1OCCCCCCCCC. The van der Waals surface area contributed by atoms with Crippen molar-refractivity contribution in [1.29, 1.82) is 0 Å². The Morgan fingerprint density at radius 1 is 0.473 bits per heavy atom. The molecule has 0 saturated carbocycles. The van der Waals surface area contributed by atoms with Crippen LogP contribution in [0.2, 0.25) is 0 Å². The summed E-state index contributed by atoms with van der Waals surface area (Å²) in [6.07, 6.45) is 25.5. The Hall–Kier alpha value is -3.99. The van der Waals surface area contributed by atoms with Crippen LogP contribution >= 0.6 is 0 Å². The van der Waals surface area contributed by atoms with E-state index >= 15 is 0 Å². The summed E-state index contributed by atoms with van der Waals surface area (Å²) in [4.78, 5) is 14.2. The Labute approximate surface area is 332 Å². The van der Waals surface area contributed by atoms with Crippen molar-refractivity contribution >= 4 is 43.9 Å². The zero-order chi connectivity index (χ0) is 38.5. The van der Waals surface area contributed by atoms with Crippen LogP contribution in [0.5, 0.6) is 17.2 Å². The minimum Gasteiger partial charge on any atom is -0.490 e. The van der Waals surface area contributed by atoms with Crippen LogP contribution in [-0.2, 0) is 0 Å². The van der Waals surface area contributed by atoms with E-state index in [9.17, 15) is 4.79 Å². The third-order valence-corrected chi connectivity index (χ3v) is 11.1. The van der Waals surface area contributed by atoms with Gasteiger partial charge in [0.2, 0.25) is 5.75 Å². The standard InChI is InChI=1S/C50H69NO4/c1-4-7-10-13-16-19-22-34-53-45-37-42(50(52)51-44-33-31-41-29-28-39-26-25-27-40-30-32-43(44)48(41)47(39)40)38-46(54-35-23-20-17-14-11-8-5-2)49(45)55-36-24-21-18-15-12-9-6-3/h25-33,37-38H,4-24,34-36H2,1-3H3,(H,51,52). The number of amides is 1. The maximum absolute atomic E-state index is 14.2. The maximum Gasteiger partial charge on any atom is 0.255 e. The molecule has 55 heavy (non-hydrogen) atoms. The lowest BCUT2D eigenvalue weighted by atomic mass is 9.93. The van der Waals surface area contributed by atoms with E-state index in [0.717, 1.165) is 49.6 Å². The first-order valence-electron chi connectivity index (χ1n) is 22.2. The number of rotatable bonds is 29. The number of unbranched alkanes of at least 4 members (excludes halogenated alkanes) is 18. The first-order chi connectivity index (χ1) is 27.1. The van der Waals surface area contributed by atoms with Crippen molar-refractivity contribution in [1.82, 2.24) is 0 Å². The van der Waals surface area contributed by atoms with Crippen LogP contribution in [0.1, 0.15) is 166 Å². The van der Waals surface area contributed by atoms with E-state index in [-0.39, 0.29) is 5.91 Å². The third-order valence-electron chi connectivity index (χ3n) is 11.1. The van der Waals surface area contributed by atoms with Gasteiger partial charge in [0.05, 0.1) is 19.8 Å². The molecule has 0 aliphatic carbocycles. The van der Waals surface area contributed by atoms with E-state index in [1.165, 1.54) is 123 Å². The van der Waals surface area contributed by atoms with Crippen LogP contribution in [0.3, 0.4) is 0 Å². The van der Waals surface area contributed by atoms with Crippen LogP contribution in [0.4, 0.5) is 5.69 Å². The fraction of sp³-hybridized carbons (Fsp3) is 0.540. The second-order valence-corrected chi connectivity index (χ2v) is 15.6. The molecular formula is C50H69NO4. The van der Waals surface area contributed by atoms with Crippen molar-refractivity contribution in [2.45, 2.75) is 156 Å². The minimum absolute atomic E-state index is 0.185. The molecular weight excluding hydrogens is 679 g/mol. The Morgan fingerprint density at radius 2 is 0.891 bits per heavy atom. The second-order valence-electron chi connectivity index (χ2n) is 15.6. The molecule has 0 saturated heterocycles. The number of nitrogens with one attached hydrogen (secondary N) is 1. The van der Waals surface area contributed by atoms with Crippen LogP contribution in [0, 0.1) is 0 Å². The van der Waals surface area contributed by atoms with Gasteiger partial charge in [-0.3, -0.25) is 4.79 Å². The summed E-state index contributed by atoms with van der Waals surface area (Å²) in [7, 11) is 0. The molecule has 0 aromatic heterocycles. The first kappa shape index (κ1) is 42.2. The summed E-state index contributed by atoms with van der Waals surface area (Å²) >= 11 is 0. The summed E-state index contributed by atoms with van der Waals surface area (Å²) in [5, 5.41) is 10.3. The molecule has 0 unspecified atom stereocenters. The predicted molar refractivity (Wildman–Crippen MR) is 235 cm³/mol. The van der Waals surface area contributed by atoms with Crippen LogP contribution in [0.25, 0.3) is 32.3 Å². The molecule has 5 nitrogen and oxygen atoms in total. The smallest absolute Gasteiger partial charge is 0.255 e. The Balaban J connectivity index is 1.36. The van der Waals surface area contributed by atoms with E-state index in [0.29, 0.717) is 42.6 Å². The number of ether oxygens (including phenoxy) is 3. The topological polar surface area (TPSA) is 56.8 Å². The van der Waals surface area contributed by atoms with E-state index < -0.39 is 0 Å². The van der Waals surface area contributed by atoms with Crippen LogP contribution in [-0.4, -0.2) is 25.7 Å². The summed E-state index contributed by atoms with van der Waals surface area (Å²) < 4.78 is 19.6. The van der Waals surface area contributed by atoms with Gasteiger partial charge >= 0.3 is 0 Å². The van der Waals surface area contributed by atoms with Gasteiger partial charge in [-0.05, 0) is 64.4 Å². The van der Waals surface area contributed by atoms with E-state index in [1.54, 1.807) is 0 Å². The molecule has 5 aromatic carbocycles. The highest BCUT2D eigenvalue weighted by Gasteiger charge is 2.21. The van der Waals surface area contributed by atoms with Gasteiger partial charge in [-0.15, -0.1) is 0 Å². The molecule has 5 aromatic rings. The van der Waals surface area contributed by atoms with Gasteiger partial charge < -0.3 is 19.5 Å². The highest BCUT2D eigenvalue weighted by Crippen LogP contribution is 2.41. The molecule has 0 heterocycles. The third kappa shape index (κ3) is 12.8. The zero-order valence-electron chi connectivity index (χ0n) is 34.5. The van der Waals surface area contributed by atoms with Crippen molar-refractivity contribution in [3.8, 4) is 17.2 Å². The molecule has 0 radical (unpaired) electrons. The highest BCUT2D eigenvalue weighted by molar-refractivity contribution is 6.26. The molecule has 5 rings (SSSR count). The number of hydrogen-bond acceptors (Lipinski definition) is 4. The molecule has 298 valence electrons. The first-order valence-corrected chi connectivity index (χ1v) is 22.2. The molecule has 0 spiro atoms. The van der Waals surface area contributed by atoms with Crippen molar-refractivity contribution in [2.24, 2.45) is 0 Å². The van der Waals surface area contributed by atoms with Gasteiger partial charge in [-0.2, -0.15) is 0 Å². The van der Waals surface area contributed by atoms with Gasteiger partial charge in [0, 0.05) is 16.6 Å². The lowest BCUT2D eigenvalue weighted by Gasteiger charge is -2.19. The number of benzene rings is 5. The molecule has 0 aliphatic rings. The Morgan fingerprint density at radius 3 is 1.40 bits per heavy atom. The monoisotopic (exact) mass is 748 g/mol. The van der Waals surface area contributed by atoms with Gasteiger partial charge in [-0.25, -0.2) is 0 Å². The van der Waals surface area contributed by atoms with E-state index in [2.05, 4.69) is 74.6 Å². The average molecular weight is 748 g/mol. The largest absolute Gasteiger partial charge is 0.490 e. The average Bonchev–Trinajstić information content (AvgIpc) is 3.20. The number of anilines is 1. The Kier molecular flexibility index (Phi) is 18.3. The molecule has 1 amide bonds. The minimum atomic E-state index is -0.185. The van der Waals surface area contributed by atoms with E-state index in [1.807, 2.05) is 18.2 Å². The van der Waals surface area contributed by atoms with Gasteiger partial charge in [0.15, 0.2) is 11.5 Å². The summed E-state index contributed by atoms with van der Waals surface area (Å²) in [5.74, 6) is 1.66. The molecule has 0 atom stereocenters. The summed E-state index contributed by atoms with van der Waals surface area (Å²) in [6.45, 7) is 8.54. The highest BCUT2D eigenvalue weighted by atomic mass is 16.5. The fourth-order valence-corrected chi connectivity index (χ4v) is 7.82. The van der Waals surface area contributed by atoms with Crippen LogP contribution in [0.15, 0.2) is 66.7 Å². The molecule has 5 heteroatoms. The Bertz CT molecular complexity index is 1790. The number of carbonyl (C=O) groups excluding carboxylic acids is 1. The number of hydrogen-bond donors (Lipinski definition) is 1. The summed E-state index contributed by atoms with van der Waals surface area (Å²) in [6, 6.07) is 22.9. The van der Waals surface area contributed by atoms with Gasteiger partial charge in [0.25, 0.3) is 5.91 Å². The fourth-order valence-electron chi connectivity index (χ4n) is 7.82. The second kappa shape index (κ2) is 23.8. The molecule has 1 N–H and O–H groups in total. The quantitative estimate of drug-likeness (QED) is 0.0391.